The molecule has 2 aromatic carbocycles. The van der Waals surface area contributed by atoms with Gasteiger partial charge in [0.15, 0.2) is 11.5 Å². The van der Waals surface area contributed by atoms with Gasteiger partial charge in [0, 0.05) is 24.7 Å². The van der Waals surface area contributed by atoms with Crippen LogP contribution in [0.2, 0.25) is 5.02 Å². The lowest BCUT2D eigenvalue weighted by Gasteiger charge is -2.23. The summed E-state index contributed by atoms with van der Waals surface area (Å²) in [6, 6.07) is 11.1. The Kier molecular flexibility index (Phi) is 8.16. The summed E-state index contributed by atoms with van der Waals surface area (Å²) < 4.78 is 25.6. The molecule has 1 atom stereocenters. The van der Waals surface area contributed by atoms with E-state index in [-0.39, 0.29) is 12.4 Å². The molecule has 3 rings (SSSR count). The molecule has 2 aromatic rings. The van der Waals surface area contributed by atoms with Gasteiger partial charge in [-0.3, -0.25) is 4.90 Å². The summed E-state index contributed by atoms with van der Waals surface area (Å²) in [5.74, 6) is 0.877. The molecular weight excluding hydrogens is 391 g/mol. The quantitative estimate of drug-likeness (QED) is 0.584. The zero-order valence-corrected chi connectivity index (χ0v) is 18.0. The third-order valence-electron chi connectivity index (χ3n) is 5.36. The molecule has 158 valence electrons. The van der Waals surface area contributed by atoms with Crippen LogP contribution in [0.15, 0.2) is 36.4 Å². The van der Waals surface area contributed by atoms with E-state index in [0.717, 1.165) is 25.2 Å². The number of hydrogen-bond acceptors (Lipinski definition) is 4. The van der Waals surface area contributed by atoms with Crippen molar-refractivity contribution in [3.63, 3.8) is 0 Å². The zero-order chi connectivity index (χ0) is 20.6. The van der Waals surface area contributed by atoms with Crippen LogP contribution in [0.3, 0.4) is 0 Å². The van der Waals surface area contributed by atoms with Gasteiger partial charge in [-0.25, -0.2) is 4.39 Å². The molecule has 1 unspecified atom stereocenters. The highest BCUT2D eigenvalue weighted by Crippen LogP contribution is 2.30. The lowest BCUT2D eigenvalue weighted by atomic mass is 10.1. The predicted molar refractivity (Wildman–Crippen MR) is 115 cm³/mol. The molecule has 0 aromatic heterocycles. The van der Waals surface area contributed by atoms with Gasteiger partial charge in [0.25, 0.3) is 0 Å². The van der Waals surface area contributed by atoms with Crippen molar-refractivity contribution in [2.24, 2.45) is 0 Å². The second-order valence-corrected chi connectivity index (χ2v) is 7.67. The number of ether oxygens (including phenoxy) is 2. The second kappa shape index (κ2) is 10.8. The summed E-state index contributed by atoms with van der Waals surface area (Å²) in [6.45, 7) is 8.81. The fourth-order valence-electron chi connectivity index (χ4n) is 3.80. The lowest BCUT2D eigenvalue weighted by Crippen LogP contribution is -2.37. The van der Waals surface area contributed by atoms with Crippen LogP contribution in [0.1, 0.15) is 37.8 Å². The molecule has 0 saturated carbocycles. The van der Waals surface area contributed by atoms with Crippen molar-refractivity contribution < 1.29 is 13.9 Å². The first kappa shape index (κ1) is 21.9. The van der Waals surface area contributed by atoms with Gasteiger partial charge >= 0.3 is 0 Å². The molecule has 0 bridgehead atoms. The van der Waals surface area contributed by atoms with Crippen molar-refractivity contribution in [3.8, 4) is 11.5 Å². The fraction of sp³-hybridized carbons (Fsp3) is 0.478. The van der Waals surface area contributed by atoms with Crippen LogP contribution >= 0.6 is 11.6 Å². The van der Waals surface area contributed by atoms with Gasteiger partial charge in [-0.2, -0.15) is 0 Å². The van der Waals surface area contributed by atoms with Crippen LogP contribution in [0.4, 0.5) is 4.39 Å². The van der Waals surface area contributed by atoms with Crippen LogP contribution < -0.4 is 14.8 Å². The molecule has 0 spiro atoms. The number of nitrogens with one attached hydrogen (secondary N) is 1. The molecule has 4 nitrogen and oxygen atoms in total. The molecule has 1 fully saturated rings. The van der Waals surface area contributed by atoms with Crippen LogP contribution in [-0.4, -0.2) is 37.2 Å². The Hall–Kier alpha value is -1.82. The predicted octanol–water partition coefficient (Wildman–Crippen LogP) is 5.03. The van der Waals surface area contributed by atoms with Gasteiger partial charge in [-0.1, -0.05) is 30.7 Å². The van der Waals surface area contributed by atoms with Crippen LogP contribution in [0.25, 0.3) is 0 Å². The lowest BCUT2D eigenvalue weighted by molar-refractivity contribution is 0.259. The Morgan fingerprint density at radius 3 is 2.79 bits per heavy atom. The smallest absolute Gasteiger partial charge is 0.161 e. The van der Waals surface area contributed by atoms with Crippen molar-refractivity contribution >= 4 is 11.6 Å². The summed E-state index contributed by atoms with van der Waals surface area (Å²) in [5.41, 5.74) is 1.48. The Bertz CT molecular complexity index is 782. The molecule has 1 heterocycles. The number of rotatable bonds is 10. The molecule has 0 aliphatic carbocycles. The van der Waals surface area contributed by atoms with E-state index in [9.17, 15) is 4.39 Å². The van der Waals surface area contributed by atoms with Gasteiger partial charge in [-0.05, 0) is 62.7 Å². The molecule has 0 radical (unpaired) electrons. The largest absolute Gasteiger partial charge is 0.490 e. The Balaban J connectivity index is 1.60. The number of hydrogen-bond donors (Lipinski definition) is 1. The maximum Gasteiger partial charge on any atom is 0.161 e. The van der Waals surface area contributed by atoms with E-state index in [2.05, 4.69) is 17.1 Å². The first-order valence-electron chi connectivity index (χ1n) is 10.4. The molecule has 29 heavy (non-hydrogen) atoms. The van der Waals surface area contributed by atoms with E-state index in [1.54, 1.807) is 12.1 Å². The number of halogens is 2. The van der Waals surface area contributed by atoms with Crippen molar-refractivity contribution in [2.75, 3.05) is 26.2 Å². The highest BCUT2D eigenvalue weighted by atomic mass is 35.5. The van der Waals surface area contributed by atoms with Gasteiger partial charge in [0.05, 0.1) is 11.6 Å². The molecule has 6 heteroatoms. The van der Waals surface area contributed by atoms with Gasteiger partial charge < -0.3 is 14.8 Å². The van der Waals surface area contributed by atoms with E-state index in [1.165, 1.54) is 25.5 Å². The first-order chi connectivity index (χ1) is 14.1. The zero-order valence-electron chi connectivity index (χ0n) is 17.2. The van der Waals surface area contributed by atoms with Crippen LogP contribution in [0.5, 0.6) is 11.5 Å². The van der Waals surface area contributed by atoms with Crippen molar-refractivity contribution in [3.05, 3.63) is 58.4 Å². The van der Waals surface area contributed by atoms with Crippen LogP contribution in [0, 0.1) is 5.82 Å². The summed E-state index contributed by atoms with van der Waals surface area (Å²) in [6.07, 6.45) is 2.54. The monoisotopic (exact) mass is 420 g/mol. The minimum atomic E-state index is -0.371. The van der Waals surface area contributed by atoms with Gasteiger partial charge in [0.1, 0.15) is 12.4 Å². The molecular formula is C23H30ClFN2O2. The highest BCUT2D eigenvalue weighted by molar-refractivity contribution is 6.31. The minimum absolute atomic E-state index is 0.0533. The fourth-order valence-corrected chi connectivity index (χ4v) is 4.01. The van der Waals surface area contributed by atoms with Crippen molar-refractivity contribution in [1.82, 2.24) is 10.2 Å². The molecule has 1 aliphatic rings. The second-order valence-electron chi connectivity index (χ2n) is 7.26. The summed E-state index contributed by atoms with van der Waals surface area (Å²) in [4.78, 5) is 2.53. The molecule has 1 N–H and O–H groups in total. The SMILES string of the molecule is CCOc1cc(CNCC2CCCN2CC)ccc1OCc1c(F)cccc1Cl. The minimum Gasteiger partial charge on any atom is -0.490 e. The average Bonchev–Trinajstić information content (AvgIpc) is 3.16. The van der Waals surface area contributed by atoms with Gasteiger partial charge in [0.2, 0.25) is 0 Å². The molecule has 0 amide bonds. The average molecular weight is 421 g/mol. The summed E-state index contributed by atoms with van der Waals surface area (Å²) in [5, 5.41) is 3.92. The first-order valence-corrected chi connectivity index (χ1v) is 10.8. The molecule has 1 aliphatic heterocycles. The van der Waals surface area contributed by atoms with Crippen molar-refractivity contribution in [2.45, 2.75) is 45.9 Å². The summed E-state index contributed by atoms with van der Waals surface area (Å²) in [7, 11) is 0. The maximum atomic E-state index is 14.0. The number of nitrogens with zero attached hydrogens (tertiary/aromatic N) is 1. The Morgan fingerprint density at radius 1 is 1.17 bits per heavy atom. The highest BCUT2D eigenvalue weighted by Gasteiger charge is 2.22. The van der Waals surface area contributed by atoms with E-state index >= 15 is 0 Å². The maximum absolute atomic E-state index is 14.0. The number of likely N-dealkylation sites (N-methyl/N-ethyl adjacent to an activating group) is 1. The Labute approximate surface area is 178 Å². The van der Waals surface area contributed by atoms with E-state index in [0.29, 0.717) is 34.7 Å². The van der Waals surface area contributed by atoms with Gasteiger partial charge in [-0.15, -0.1) is 0 Å². The van der Waals surface area contributed by atoms with Crippen molar-refractivity contribution in [1.29, 1.82) is 0 Å². The van der Waals surface area contributed by atoms with Crippen LogP contribution in [-0.2, 0) is 13.2 Å². The topological polar surface area (TPSA) is 33.7 Å². The third-order valence-corrected chi connectivity index (χ3v) is 5.71. The Morgan fingerprint density at radius 2 is 2.03 bits per heavy atom. The molecule has 1 saturated heterocycles. The van der Waals surface area contributed by atoms with E-state index in [1.807, 2.05) is 25.1 Å². The van der Waals surface area contributed by atoms with E-state index < -0.39 is 0 Å². The van der Waals surface area contributed by atoms with E-state index in [4.69, 9.17) is 21.1 Å². The third kappa shape index (κ3) is 5.84. The normalized spacial score (nSPS) is 16.9. The summed E-state index contributed by atoms with van der Waals surface area (Å²) >= 11 is 6.09. The number of likely N-dealkylation sites (tertiary alicyclic amines) is 1. The standard InChI is InChI=1S/C23H30ClFN2O2/c1-3-27-12-6-7-18(27)15-26-14-17-10-11-22(23(13-17)28-4-2)29-16-19-20(24)8-5-9-21(19)25/h5,8-11,13,18,26H,3-4,6-7,12,14-16H2,1-2H3. The number of benzene rings is 2.